The largest absolute Gasteiger partial charge is 0.377 e. The van der Waals surface area contributed by atoms with Crippen LogP contribution in [0.3, 0.4) is 0 Å². The molecule has 2 aromatic rings. The lowest BCUT2D eigenvalue weighted by molar-refractivity contribution is -0.139. The minimum absolute atomic E-state index is 0.0427. The lowest BCUT2D eigenvalue weighted by atomic mass is 10.0. The van der Waals surface area contributed by atoms with Crippen molar-refractivity contribution in [2.45, 2.75) is 25.3 Å². The number of hydrogen-bond donors (Lipinski definition) is 0. The standard InChI is InChI=1S/C20H22N2O3/c23-19(17-6-2-1-3-7-17)13-18-15-25-12-11-22(18)20(24)9-8-16-5-4-10-21-14-16/h1-7,10,14,18H,8-9,11-13,15H2/t18-/m1/s1. The van der Waals surface area contributed by atoms with Gasteiger partial charge in [-0.05, 0) is 18.1 Å². The van der Waals surface area contributed by atoms with Crippen LogP contribution in [0.15, 0.2) is 54.9 Å². The zero-order chi connectivity index (χ0) is 17.5. The first-order valence-corrected chi connectivity index (χ1v) is 8.58. The van der Waals surface area contributed by atoms with E-state index >= 15 is 0 Å². The number of amides is 1. The molecule has 1 aromatic heterocycles. The van der Waals surface area contributed by atoms with E-state index in [9.17, 15) is 9.59 Å². The minimum atomic E-state index is -0.192. The van der Waals surface area contributed by atoms with Crippen LogP contribution < -0.4 is 0 Å². The third-order valence-corrected chi connectivity index (χ3v) is 4.42. The highest BCUT2D eigenvalue weighted by molar-refractivity contribution is 5.96. The molecular weight excluding hydrogens is 316 g/mol. The predicted molar refractivity (Wildman–Crippen MR) is 94.3 cm³/mol. The zero-order valence-electron chi connectivity index (χ0n) is 14.1. The topological polar surface area (TPSA) is 59.5 Å². The third kappa shape index (κ3) is 4.73. The van der Waals surface area contributed by atoms with Crippen LogP contribution in [0.25, 0.3) is 0 Å². The van der Waals surface area contributed by atoms with Gasteiger partial charge in [0.2, 0.25) is 5.91 Å². The molecule has 5 nitrogen and oxygen atoms in total. The third-order valence-electron chi connectivity index (χ3n) is 4.42. The molecule has 1 amide bonds. The summed E-state index contributed by atoms with van der Waals surface area (Å²) < 4.78 is 5.51. The summed E-state index contributed by atoms with van der Waals surface area (Å²) in [6.07, 6.45) is 4.87. The van der Waals surface area contributed by atoms with Crippen molar-refractivity contribution in [3.63, 3.8) is 0 Å². The number of aromatic nitrogens is 1. The van der Waals surface area contributed by atoms with Gasteiger partial charge in [0.25, 0.3) is 0 Å². The summed E-state index contributed by atoms with van der Waals surface area (Å²) in [5.41, 5.74) is 1.72. The molecule has 0 spiro atoms. The Morgan fingerprint density at radius 1 is 1.16 bits per heavy atom. The van der Waals surface area contributed by atoms with E-state index in [-0.39, 0.29) is 17.7 Å². The van der Waals surface area contributed by atoms with E-state index in [1.165, 1.54) is 0 Å². The van der Waals surface area contributed by atoms with E-state index < -0.39 is 0 Å². The van der Waals surface area contributed by atoms with Gasteiger partial charge < -0.3 is 9.64 Å². The molecule has 0 N–H and O–H groups in total. The maximum Gasteiger partial charge on any atom is 0.223 e. The van der Waals surface area contributed by atoms with Gasteiger partial charge in [-0.15, -0.1) is 0 Å². The Morgan fingerprint density at radius 2 is 2.00 bits per heavy atom. The highest BCUT2D eigenvalue weighted by Crippen LogP contribution is 2.16. The van der Waals surface area contributed by atoms with Gasteiger partial charge in [-0.3, -0.25) is 14.6 Å². The van der Waals surface area contributed by atoms with Gasteiger partial charge in [-0.1, -0.05) is 36.4 Å². The van der Waals surface area contributed by atoms with Gasteiger partial charge in [-0.2, -0.15) is 0 Å². The molecule has 0 saturated carbocycles. The number of Topliss-reactive ketones (excluding diaryl/α,β-unsaturated/α-hetero) is 1. The second-order valence-electron chi connectivity index (χ2n) is 6.17. The number of rotatable bonds is 6. The van der Waals surface area contributed by atoms with Crippen LogP contribution in [0, 0.1) is 0 Å². The second-order valence-corrected chi connectivity index (χ2v) is 6.17. The molecule has 1 fully saturated rings. The van der Waals surface area contributed by atoms with Crippen LogP contribution in [-0.2, 0) is 16.0 Å². The number of nitrogens with zero attached hydrogens (tertiary/aromatic N) is 2. The molecular formula is C20H22N2O3. The SMILES string of the molecule is O=C(C[C@@H]1COCCN1C(=O)CCc1cccnc1)c1ccccc1. The number of pyridine rings is 1. The Balaban J connectivity index is 1.60. The Hall–Kier alpha value is -2.53. The van der Waals surface area contributed by atoms with Crippen molar-refractivity contribution in [3.8, 4) is 0 Å². The van der Waals surface area contributed by atoms with Crippen molar-refractivity contribution in [1.29, 1.82) is 0 Å². The van der Waals surface area contributed by atoms with Crippen molar-refractivity contribution < 1.29 is 14.3 Å². The fourth-order valence-corrected chi connectivity index (χ4v) is 3.05. The second kappa shape index (κ2) is 8.53. The van der Waals surface area contributed by atoms with Gasteiger partial charge >= 0.3 is 0 Å². The number of morpholine rings is 1. The maximum absolute atomic E-state index is 12.6. The summed E-state index contributed by atoms with van der Waals surface area (Å²) in [6.45, 7) is 1.48. The molecule has 1 saturated heterocycles. The number of carbonyl (C=O) groups excluding carboxylic acids is 2. The fraction of sp³-hybridized carbons (Fsp3) is 0.350. The molecule has 1 aromatic carbocycles. The quantitative estimate of drug-likeness (QED) is 0.760. The Morgan fingerprint density at radius 3 is 2.76 bits per heavy atom. The average molecular weight is 338 g/mol. The summed E-state index contributed by atoms with van der Waals surface area (Å²) in [4.78, 5) is 31.0. The predicted octanol–water partition coefficient (Wildman–Crippen LogP) is 2.51. The summed E-state index contributed by atoms with van der Waals surface area (Å²) in [5.74, 6) is 0.110. The molecule has 0 bridgehead atoms. The Bertz CT molecular complexity index is 703. The summed E-state index contributed by atoms with van der Waals surface area (Å²) in [5, 5.41) is 0. The van der Waals surface area contributed by atoms with Crippen molar-refractivity contribution >= 4 is 11.7 Å². The molecule has 5 heteroatoms. The number of ether oxygens (including phenoxy) is 1. The lowest BCUT2D eigenvalue weighted by Crippen LogP contribution is -2.49. The van der Waals surface area contributed by atoms with E-state index in [1.54, 1.807) is 29.4 Å². The van der Waals surface area contributed by atoms with Crippen LogP contribution >= 0.6 is 0 Å². The van der Waals surface area contributed by atoms with E-state index in [1.807, 2.05) is 30.3 Å². The van der Waals surface area contributed by atoms with Crippen LogP contribution in [-0.4, -0.2) is 47.4 Å². The van der Waals surface area contributed by atoms with Crippen LogP contribution in [0.5, 0.6) is 0 Å². The van der Waals surface area contributed by atoms with Crippen molar-refractivity contribution in [2.75, 3.05) is 19.8 Å². The first kappa shape index (κ1) is 17.3. The van der Waals surface area contributed by atoms with E-state index in [0.29, 0.717) is 44.6 Å². The van der Waals surface area contributed by atoms with E-state index in [0.717, 1.165) is 5.56 Å². The lowest BCUT2D eigenvalue weighted by Gasteiger charge is -2.35. The van der Waals surface area contributed by atoms with Crippen molar-refractivity contribution in [1.82, 2.24) is 9.88 Å². The molecule has 2 heterocycles. The van der Waals surface area contributed by atoms with Gasteiger partial charge in [0.05, 0.1) is 19.3 Å². The van der Waals surface area contributed by atoms with Crippen molar-refractivity contribution in [3.05, 3.63) is 66.0 Å². The first-order chi connectivity index (χ1) is 12.2. The molecule has 25 heavy (non-hydrogen) atoms. The molecule has 0 unspecified atom stereocenters. The summed E-state index contributed by atoms with van der Waals surface area (Å²) in [7, 11) is 0. The summed E-state index contributed by atoms with van der Waals surface area (Å²) >= 11 is 0. The number of hydrogen-bond acceptors (Lipinski definition) is 4. The molecule has 1 aliphatic rings. The number of carbonyl (C=O) groups is 2. The van der Waals surface area contributed by atoms with Crippen LogP contribution in [0.4, 0.5) is 0 Å². The fourth-order valence-electron chi connectivity index (χ4n) is 3.05. The zero-order valence-corrected chi connectivity index (χ0v) is 14.1. The minimum Gasteiger partial charge on any atom is -0.377 e. The molecule has 1 aliphatic heterocycles. The number of benzene rings is 1. The smallest absolute Gasteiger partial charge is 0.223 e. The Kier molecular flexibility index (Phi) is 5.90. The molecule has 130 valence electrons. The van der Waals surface area contributed by atoms with Crippen molar-refractivity contribution in [2.24, 2.45) is 0 Å². The van der Waals surface area contributed by atoms with Gasteiger partial charge in [0.15, 0.2) is 5.78 Å². The highest BCUT2D eigenvalue weighted by Gasteiger charge is 2.29. The summed E-state index contributed by atoms with van der Waals surface area (Å²) in [6, 6.07) is 12.8. The molecule has 1 atom stereocenters. The number of ketones is 1. The average Bonchev–Trinajstić information content (AvgIpc) is 2.68. The molecule has 0 radical (unpaired) electrons. The van der Waals surface area contributed by atoms with Gasteiger partial charge in [0, 0.05) is 37.3 Å². The molecule has 0 aliphatic carbocycles. The monoisotopic (exact) mass is 338 g/mol. The van der Waals surface area contributed by atoms with E-state index in [2.05, 4.69) is 4.98 Å². The molecule has 3 rings (SSSR count). The highest BCUT2D eigenvalue weighted by atomic mass is 16.5. The normalized spacial score (nSPS) is 17.3. The van der Waals surface area contributed by atoms with Gasteiger partial charge in [0.1, 0.15) is 0 Å². The van der Waals surface area contributed by atoms with Crippen LogP contribution in [0.2, 0.25) is 0 Å². The first-order valence-electron chi connectivity index (χ1n) is 8.58. The van der Waals surface area contributed by atoms with E-state index in [4.69, 9.17) is 4.74 Å². The van der Waals surface area contributed by atoms with Crippen LogP contribution in [0.1, 0.15) is 28.8 Å². The number of aryl methyl sites for hydroxylation is 1. The maximum atomic E-state index is 12.6. The Labute approximate surface area is 147 Å². The van der Waals surface area contributed by atoms with Gasteiger partial charge in [-0.25, -0.2) is 0 Å².